The van der Waals surface area contributed by atoms with Crippen LogP contribution >= 0.6 is 0 Å². The lowest BCUT2D eigenvalue weighted by Crippen LogP contribution is -2.34. The average molecular weight is 368 g/mol. The van der Waals surface area contributed by atoms with Gasteiger partial charge in [0.2, 0.25) is 5.91 Å². The van der Waals surface area contributed by atoms with Crippen LogP contribution in [-0.2, 0) is 17.9 Å². The van der Waals surface area contributed by atoms with Crippen LogP contribution in [0.5, 0.6) is 0 Å². The fraction of sp³-hybridized carbons (Fsp3) is 0.105. The lowest BCUT2D eigenvalue weighted by Gasteiger charge is -2.08. The Bertz CT molecular complexity index is 1230. The Morgan fingerprint density at radius 2 is 1.89 bits per heavy atom. The fourth-order valence-corrected chi connectivity index (χ4v) is 2.93. The summed E-state index contributed by atoms with van der Waals surface area (Å²) in [6.07, 6.45) is 1.40. The number of hydrogen-bond donors (Lipinski definition) is 1. The van der Waals surface area contributed by atoms with Gasteiger partial charge in [-0.15, -0.1) is 0 Å². The van der Waals surface area contributed by atoms with Crippen molar-refractivity contribution in [2.24, 2.45) is 0 Å². The summed E-state index contributed by atoms with van der Waals surface area (Å²) < 4.78 is 29.5. The molecule has 1 amide bonds. The molecule has 2 aromatic carbocycles. The summed E-state index contributed by atoms with van der Waals surface area (Å²) in [7, 11) is 0. The molecule has 136 valence electrons. The van der Waals surface area contributed by atoms with Gasteiger partial charge in [0, 0.05) is 17.5 Å². The van der Waals surface area contributed by atoms with Crippen LogP contribution in [-0.4, -0.2) is 20.1 Å². The Kier molecular flexibility index (Phi) is 4.15. The van der Waals surface area contributed by atoms with Gasteiger partial charge < -0.3 is 5.32 Å². The highest BCUT2D eigenvalue weighted by atomic mass is 19.1. The molecule has 0 bridgehead atoms. The minimum absolute atomic E-state index is 0.0107. The lowest BCUT2D eigenvalue weighted by atomic mass is 10.2. The topological polar surface area (TPSA) is 68.4 Å². The van der Waals surface area contributed by atoms with Crippen molar-refractivity contribution in [1.29, 1.82) is 0 Å². The maximum Gasteiger partial charge on any atom is 0.291 e. The van der Waals surface area contributed by atoms with Gasteiger partial charge in [0.15, 0.2) is 0 Å². The zero-order valence-corrected chi connectivity index (χ0v) is 14.0. The molecule has 0 aliphatic carbocycles. The highest BCUT2D eigenvalue weighted by Crippen LogP contribution is 2.18. The van der Waals surface area contributed by atoms with E-state index in [2.05, 4.69) is 10.4 Å². The first-order chi connectivity index (χ1) is 13.0. The summed E-state index contributed by atoms with van der Waals surface area (Å²) in [5, 5.41) is 7.13. The van der Waals surface area contributed by atoms with Gasteiger partial charge in [-0.25, -0.2) is 13.5 Å². The summed E-state index contributed by atoms with van der Waals surface area (Å²) in [6.45, 7) is -0.295. The van der Waals surface area contributed by atoms with E-state index in [4.69, 9.17) is 0 Å². The van der Waals surface area contributed by atoms with Crippen molar-refractivity contribution in [3.05, 3.63) is 82.4 Å². The van der Waals surface area contributed by atoms with E-state index in [1.165, 1.54) is 24.5 Å². The number of hydrogen-bond acceptors (Lipinski definition) is 3. The maximum atomic E-state index is 13.6. The van der Waals surface area contributed by atoms with Gasteiger partial charge >= 0.3 is 0 Å². The number of nitrogens with one attached hydrogen (secondary N) is 1. The van der Waals surface area contributed by atoms with Crippen LogP contribution in [0.2, 0.25) is 0 Å². The maximum absolute atomic E-state index is 13.6. The molecule has 4 aromatic rings. The first-order valence-electron chi connectivity index (χ1n) is 8.19. The molecule has 0 atom stereocenters. The van der Waals surface area contributed by atoms with Gasteiger partial charge in [-0.05, 0) is 30.3 Å². The van der Waals surface area contributed by atoms with Crippen molar-refractivity contribution in [3.8, 4) is 0 Å². The molecule has 2 aromatic heterocycles. The van der Waals surface area contributed by atoms with Crippen molar-refractivity contribution in [1.82, 2.24) is 19.5 Å². The second-order valence-electron chi connectivity index (χ2n) is 6.06. The smallest absolute Gasteiger partial charge is 0.291 e. The normalized spacial score (nSPS) is 11.2. The molecular formula is C19H14F2N4O2. The van der Waals surface area contributed by atoms with Gasteiger partial charge in [-0.2, -0.15) is 5.10 Å². The Morgan fingerprint density at radius 1 is 1.07 bits per heavy atom. The average Bonchev–Trinajstić information content (AvgIpc) is 3.02. The summed E-state index contributed by atoms with van der Waals surface area (Å²) in [6, 6.07) is 11.8. The molecule has 0 spiro atoms. The highest BCUT2D eigenvalue weighted by Gasteiger charge is 2.12. The van der Waals surface area contributed by atoms with Gasteiger partial charge in [0.05, 0.1) is 5.52 Å². The molecule has 0 aliphatic heterocycles. The van der Waals surface area contributed by atoms with Crippen molar-refractivity contribution in [2.75, 3.05) is 0 Å². The van der Waals surface area contributed by atoms with Crippen molar-refractivity contribution >= 4 is 22.3 Å². The van der Waals surface area contributed by atoms with Crippen LogP contribution in [0.4, 0.5) is 8.78 Å². The molecular weight excluding hydrogens is 354 g/mol. The quantitative estimate of drug-likeness (QED) is 0.601. The molecule has 0 fully saturated rings. The van der Waals surface area contributed by atoms with E-state index in [1.54, 1.807) is 34.7 Å². The number of carbonyl (C=O) groups excluding carboxylic acids is 1. The summed E-state index contributed by atoms with van der Waals surface area (Å²) in [5.41, 5.74) is 0.802. The first-order valence-corrected chi connectivity index (χ1v) is 8.19. The van der Waals surface area contributed by atoms with E-state index >= 15 is 0 Å². The molecule has 27 heavy (non-hydrogen) atoms. The largest absolute Gasteiger partial charge is 0.350 e. The summed E-state index contributed by atoms with van der Waals surface area (Å²) in [4.78, 5) is 24.7. The van der Waals surface area contributed by atoms with Crippen LogP contribution in [0.15, 0.2) is 59.7 Å². The van der Waals surface area contributed by atoms with Crippen LogP contribution in [0.3, 0.4) is 0 Å². The first kappa shape index (κ1) is 16.9. The zero-order chi connectivity index (χ0) is 19.0. The van der Waals surface area contributed by atoms with E-state index in [9.17, 15) is 18.4 Å². The number of fused-ring (bicyclic) bond motifs is 3. The zero-order valence-electron chi connectivity index (χ0n) is 14.0. The number of aromatic nitrogens is 3. The predicted octanol–water partition coefficient (Wildman–Crippen LogP) is 2.24. The van der Waals surface area contributed by atoms with Gasteiger partial charge in [-0.3, -0.25) is 14.0 Å². The molecule has 0 saturated carbocycles. The Hall–Kier alpha value is -3.55. The number of nitrogens with zero attached hydrogens (tertiary/aromatic N) is 3. The third-order valence-electron chi connectivity index (χ3n) is 4.29. The molecule has 4 rings (SSSR count). The van der Waals surface area contributed by atoms with Crippen molar-refractivity contribution in [2.45, 2.75) is 13.1 Å². The second kappa shape index (κ2) is 6.64. The SMILES string of the molecule is O=C(Cn1ncn2c(cc3cc(F)ccc32)c1=O)NCc1ccccc1F. The molecule has 1 N–H and O–H groups in total. The number of rotatable bonds is 4. The molecule has 0 aliphatic rings. The van der Waals surface area contributed by atoms with Crippen LogP contribution < -0.4 is 10.9 Å². The van der Waals surface area contributed by atoms with Crippen LogP contribution in [0, 0.1) is 11.6 Å². The number of amides is 1. The molecule has 8 heteroatoms. The van der Waals surface area contributed by atoms with Crippen LogP contribution in [0.1, 0.15) is 5.56 Å². The third-order valence-corrected chi connectivity index (χ3v) is 4.29. The van der Waals surface area contributed by atoms with E-state index in [0.29, 0.717) is 16.5 Å². The van der Waals surface area contributed by atoms with Crippen molar-refractivity contribution < 1.29 is 13.6 Å². The lowest BCUT2D eigenvalue weighted by molar-refractivity contribution is -0.122. The fourth-order valence-electron chi connectivity index (χ4n) is 2.93. The monoisotopic (exact) mass is 368 g/mol. The summed E-state index contributed by atoms with van der Waals surface area (Å²) >= 11 is 0. The van der Waals surface area contributed by atoms with E-state index in [0.717, 1.165) is 4.68 Å². The van der Waals surface area contributed by atoms with E-state index in [1.807, 2.05) is 0 Å². The molecule has 0 saturated heterocycles. The Morgan fingerprint density at radius 3 is 2.70 bits per heavy atom. The van der Waals surface area contributed by atoms with Crippen LogP contribution in [0.25, 0.3) is 16.4 Å². The standard InChI is InChI=1S/C19H14F2N4O2/c20-14-5-6-16-13(7-14)8-17-19(27)25(23-11-24(16)17)10-18(26)22-9-12-3-1-2-4-15(12)21/h1-8,11H,9-10H2,(H,22,26). The van der Waals surface area contributed by atoms with Gasteiger partial charge in [0.25, 0.3) is 5.56 Å². The van der Waals surface area contributed by atoms with E-state index in [-0.39, 0.29) is 18.6 Å². The molecule has 2 heterocycles. The van der Waals surface area contributed by atoms with Gasteiger partial charge in [-0.1, -0.05) is 18.2 Å². The van der Waals surface area contributed by atoms with E-state index < -0.39 is 23.1 Å². The Balaban J connectivity index is 1.57. The molecule has 0 unspecified atom stereocenters. The minimum atomic E-state index is -0.477. The number of halogens is 2. The highest BCUT2D eigenvalue weighted by molar-refractivity contribution is 5.86. The molecule has 0 radical (unpaired) electrons. The molecule has 6 nitrogen and oxygen atoms in total. The minimum Gasteiger partial charge on any atom is -0.350 e. The predicted molar refractivity (Wildman–Crippen MR) is 95.2 cm³/mol. The van der Waals surface area contributed by atoms with Gasteiger partial charge in [0.1, 0.15) is 30.0 Å². The second-order valence-corrected chi connectivity index (χ2v) is 6.06. The Labute approximate surface area is 151 Å². The number of benzene rings is 2. The summed E-state index contributed by atoms with van der Waals surface area (Å²) in [5.74, 6) is -1.29. The third kappa shape index (κ3) is 3.17. The number of carbonyl (C=O) groups is 1. The van der Waals surface area contributed by atoms with Crippen molar-refractivity contribution in [3.63, 3.8) is 0 Å².